The predicted molar refractivity (Wildman–Crippen MR) is 92.4 cm³/mol. The summed E-state index contributed by atoms with van der Waals surface area (Å²) in [7, 11) is 0. The van der Waals surface area contributed by atoms with Crippen LogP contribution < -0.4 is 0 Å². The van der Waals surface area contributed by atoms with Crippen LogP contribution in [0.1, 0.15) is 39.8 Å². The molecular weight excluding hydrogens is 376 g/mol. The van der Waals surface area contributed by atoms with Crippen LogP contribution in [0.2, 0.25) is 0 Å². The zero-order chi connectivity index (χ0) is 20.1. The molecule has 0 bridgehead atoms. The van der Waals surface area contributed by atoms with Crippen molar-refractivity contribution in [1.82, 2.24) is 19.5 Å². The van der Waals surface area contributed by atoms with E-state index in [0.717, 1.165) is 10.6 Å². The van der Waals surface area contributed by atoms with Crippen LogP contribution in [0.3, 0.4) is 0 Å². The van der Waals surface area contributed by atoms with Gasteiger partial charge in [-0.1, -0.05) is 12.1 Å². The number of halogens is 4. The fourth-order valence-corrected chi connectivity index (χ4v) is 3.51. The van der Waals surface area contributed by atoms with Crippen molar-refractivity contribution in [3.8, 4) is 0 Å². The second-order valence-electron chi connectivity index (χ2n) is 6.84. The number of alkyl halides is 3. The first-order chi connectivity index (χ1) is 13.2. The lowest BCUT2D eigenvalue weighted by molar-refractivity contribution is -0.142. The number of nitrogens with zero attached hydrogens (tertiary/aromatic N) is 4. The van der Waals surface area contributed by atoms with Crippen LogP contribution in [0.25, 0.3) is 5.65 Å². The third-order valence-corrected chi connectivity index (χ3v) is 4.86. The van der Waals surface area contributed by atoms with Crippen molar-refractivity contribution < 1.29 is 22.4 Å². The number of aromatic nitrogens is 3. The highest BCUT2D eigenvalue weighted by Crippen LogP contribution is 2.32. The second-order valence-corrected chi connectivity index (χ2v) is 6.84. The van der Waals surface area contributed by atoms with Crippen molar-refractivity contribution in [1.29, 1.82) is 0 Å². The average molecular weight is 392 g/mol. The fourth-order valence-electron chi connectivity index (χ4n) is 3.51. The summed E-state index contributed by atoms with van der Waals surface area (Å²) in [6.07, 6.45) is -4.03. The highest BCUT2D eigenvalue weighted by atomic mass is 19.4. The molecule has 1 atom stereocenters. The molecule has 1 fully saturated rings. The maximum atomic E-state index is 13.9. The normalized spacial score (nSPS) is 17.5. The molecule has 0 saturated carbocycles. The number of carbonyl (C=O) groups excluding carboxylic acids is 1. The maximum Gasteiger partial charge on any atom is 0.433 e. The van der Waals surface area contributed by atoms with E-state index in [4.69, 9.17) is 0 Å². The molecule has 1 aliphatic heterocycles. The lowest BCUT2D eigenvalue weighted by Gasteiger charge is -2.16. The molecule has 5 nitrogen and oxygen atoms in total. The Morgan fingerprint density at radius 3 is 2.68 bits per heavy atom. The van der Waals surface area contributed by atoms with Crippen molar-refractivity contribution >= 4 is 11.6 Å². The van der Waals surface area contributed by atoms with Gasteiger partial charge in [-0.25, -0.2) is 13.9 Å². The number of amides is 1. The molecule has 3 aromatic rings. The van der Waals surface area contributed by atoms with Crippen LogP contribution in [0, 0.1) is 12.7 Å². The minimum Gasteiger partial charge on any atom is -0.338 e. The Hall–Kier alpha value is -2.97. The number of hydrogen-bond donors (Lipinski definition) is 0. The molecule has 0 aliphatic carbocycles. The van der Waals surface area contributed by atoms with E-state index in [9.17, 15) is 22.4 Å². The Labute approximate surface area is 157 Å². The topological polar surface area (TPSA) is 50.5 Å². The van der Waals surface area contributed by atoms with Crippen LogP contribution in [-0.4, -0.2) is 38.5 Å². The highest BCUT2D eigenvalue weighted by Gasteiger charge is 2.36. The molecule has 9 heteroatoms. The lowest BCUT2D eigenvalue weighted by Crippen LogP contribution is -2.29. The van der Waals surface area contributed by atoms with Crippen molar-refractivity contribution in [3.05, 3.63) is 64.9 Å². The molecule has 0 unspecified atom stereocenters. The minimum absolute atomic E-state index is 0.0187. The third-order valence-electron chi connectivity index (χ3n) is 4.86. The van der Waals surface area contributed by atoms with E-state index < -0.39 is 23.6 Å². The zero-order valence-electron chi connectivity index (χ0n) is 14.9. The van der Waals surface area contributed by atoms with Crippen molar-refractivity contribution in [2.45, 2.75) is 25.4 Å². The van der Waals surface area contributed by atoms with E-state index in [-0.39, 0.29) is 29.4 Å². The largest absolute Gasteiger partial charge is 0.433 e. The molecule has 0 radical (unpaired) electrons. The van der Waals surface area contributed by atoms with Crippen LogP contribution in [0.5, 0.6) is 0 Å². The SMILES string of the molecule is Cc1cc(C(F)(F)F)n2nc([C@H]3CCN(C(=O)c4ccccc4F)C3)cc2n1. The molecular formula is C19H16F4N4O. The summed E-state index contributed by atoms with van der Waals surface area (Å²) in [5, 5.41) is 4.11. The van der Waals surface area contributed by atoms with E-state index in [1.807, 2.05) is 0 Å². The molecule has 3 heterocycles. The van der Waals surface area contributed by atoms with Gasteiger partial charge in [0.05, 0.1) is 11.3 Å². The highest BCUT2D eigenvalue weighted by molar-refractivity contribution is 5.94. The summed E-state index contributed by atoms with van der Waals surface area (Å²) in [6, 6.07) is 8.19. The summed E-state index contributed by atoms with van der Waals surface area (Å²) >= 11 is 0. The van der Waals surface area contributed by atoms with E-state index in [2.05, 4.69) is 10.1 Å². The van der Waals surface area contributed by atoms with Crippen LogP contribution >= 0.6 is 0 Å². The number of hydrogen-bond acceptors (Lipinski definition) is 3. The quantitative estimate of drug-likeness (QED) is 0.623. The van der Waals surface area contributed by atoms with Gasteiger partial charge in [0.15, 0.2) is 5.65 Å². The number of likely N-dealkylation sites (tertiary alicyclic amines) is 1. The summed E-state index contributed by atoms with van der Waals surface area (Å²) in [5.41, 5.74) is -0.115. The van der Waals surface area contributed by atoms with Gasteiger partial charge in [-0.3, -0.25) is 4.79 Å². The van der Waals surface area contributed by atoms with Crippen molar-refractivity contribution in [2.75, 3.05) is 13.1 Å². The Kier molecular flexibility index (Phi) is 4.32. The lowest BCUT2D eigenvalue weighted by atomic mass is 10.1. The van der Waals surface area contributed by atoms with Gasteiger partial charge in [0.1, 0.15) is 11.5 Å². The van der Waals surface area contributed by atoms with E-state index in [1.165, 1.54) is 36.1 Å². The maximum absolute atomic E-state index is 13.9. The smallest absolute Gasteiger partial charge is 0.338 e. The van der Waals surface area contributed by atoms with Gasteiger partial charge < -0.3 is 4.90 Å². The average Bonchev–Trinajstić information content (AvgIpc) is 3.26. The summed E-state index contributed by atoms with van der Waals surface area (Å²) < 4.78 is 54.6. The monoisotopic (exact) mass is 392 g/mol. The summed E-state index contributed by atoms with van der Waals surface area (Å²) in [6.45, 7) is 2.13. The third kappa shape index (κ3) is 3.21. The van der Waals surface area contributed by atoms with Gasteiger partial charge in [0, 0.05) is 30.8 Å². The molecule has 28 heavy (non-hydrogen) atoms. The molecule has 1 aliphatic rings. The number of rotatable bonds is 2. The second kappa shape index (κ2) is 6.57. The number of fused-ring (bicyclic) bond motifs is 1. The number of benzene rings is 1. The Morgan fingerprint density at radius 1 is 1.21 bits per heavy atom. The van der Waals surface area contributed by atoms with Crippen molar-refractivity contribution in [3.63, 3.8) is 0 Å². The van der Waals surface area contributed by atoms with E-state index in [1.54, 1.807) is 6.07 Å². The van der Waals surface area contributed by atoms with Gasteiger partial charge in [-0.2, -0.15) is 18.3 Å². The fraction of sp³-hybridized carbons (Fsp3) is 0.316. The first-order valence-corrected chi connectivity index (χ1v) is 8.72. The molecule has 0 spiro atoms. The summed E-state index contributed by atoms with van der Waals surface area (Å²) in [4.78, 5) is 18.2. The minimum atomic E-state index is -4.56. The molecule has 0 N–H and O–H groups in total. The Bertz CT molecular complexity index is 1060. The van der Waals surface area contributed by atoms with Crippen LogP contribution in [0.15, 0.2) is 36.4 Å². The molecule has 1 saturated heterocycles. The number of aryl methyl sites for hydroxylation is 1. The van der Waals surface area contributed by atoms with Crippen molar-refractivity contribution in [2.24, 2.45) is 0 Å². The van der Waals surface area contributed by atoms with E-state index in [0.29, 0.717) is 18.7 Å². The first kappa shape index (κ1) is 18.4. The number of carbonyl (C=O) groups is 1. The van der Waals surface area contributed by atoms with Gasteiger partial charge in [-0.15, -0.1) is 0 Å². The van der Waals surface area contributed by atoms with E-state index >= 15 is 0 Å². The summed E-state index contributed by atoms with van der Waals surface area (Å²) in [5.74, 6) is -1.27. The van der Waals surface area contributed by atoms with Gasteiger partial charge in [0.25, 0.3) is 5.91 Å². The van der Waals surface area contributed by atoms with Gasteiger partial charge in [0.2, 0.25) is 0 Å². The molecule has 146 valence electrons. The van der Waals surface area contributed by atoms with Gasteiger partial charge >= 0.3 is 6.18 Å². The Balaban J connectivity index is 1.62. The molecule has 1 amide bonds. The molecule has 1 aromatic carbocycles. The standard InChI is InChI=1S/C19H16F4N4O/c1-11-8-16(19(21,22)23)27-17(24-11)9-15(25-27)12-6-7-26(10-12)18(28)13-4-2-3-5-14(13)20/h2-5,8-9,12H,6-7,10H2,1H3/t12-/m0/s1. The van der Waals surface area contributed by atoms with Crippen LogP contribution in [-0.2, 0) is 6.18 Å². The Morgan fingerprint density at radius 2 is 1.96 bits per heavy atom. The van der Waals surface area contributed by atoms with Crippen LogP contribution in [0.4, 0.5) is 17.6 Å². The van der Waals surface area contributed by atoms with Gasteiger partial charge in [-0.05, 0) is 31.5 Å². The first-order valence-electron chi connectivity index (χ1n) is 8.72. The molecule has 4 rings (SSSR count). The predicted octanol–water partition coefficient (Wildman–Crippen LogP) is 3.83. The molecule has 2 aromatic heterocycles. The zero-order valence-corrected chi connectivity index (χ0v) is 14.9.